The molecule has 2 aliphatic rings. The molecule has 84 valence electrons. The molecule has 0 aromatic rings. The maximum atomic E-state index is 4.50. The molecule has 2 rings (SSSR count). The summed E-state index contributed by atoms with van der Waals surface area (Å²) < 4.78 is 0. The molecule has 0 radical (unpaired) electrons. The molecule has 2 heteroatoms. The van der Waals surface area contributed by atoms with E-state index in [0.29, 0.717) is 5.41 Å². The fraction of sp³-hybridized carbons (Fsp3) is 0.769. The largest absolute Gasteiger partial charge is 0.306 e. The second-order valence-electron chi connectivity index (χ2n) is 5.44. The van der Waals surface area contributed by atoms with Gasteiger partial charge in [0.25, 0.3) is 0 Å². The Kier molecular flexibility index (Phi) is 2.96. The lowest BCUT2D eigenvalue weighted by atomic mass is 9.70. The summed E-state index contributed by atoms with van der Waals surface area (Å²) in [5.41, 5.74) is 1.66. The van der Waals surface area contributed by atoms with Crippen molar-refractivity contribution in [3.63, 3.8) is 0 Å². The molecule has 1 unspecified atom stereocenters. The Bertz CT molecular complexity index is 285. The third kappa shape index (κ3) is 2.31. The monoisotopic (exact) mass is 206 g/mol. The summed E-state index contributed by atoms with van der Waals surface area (Å²) in [6.07, 6.45) is 7.10. The fourth-order valence-corrected chi connectivity index (χ4v) is 2.90. The molecule has 2 aliphatic heterocycles. The van der Waals surface area contributed by atoms with Crippen molar-refractivity contribution in [2.24, 2.45) is 16.3 Å². The first-order valence-electron chi connectivity index (χ1n) is 5.98. The zero-order valence-electron chi connectivity index (χ0n) is 10.2. The van der Waals surface area contributed by atoms with E-state index in [4.69, 9.17) is 0 Å². The molecular weight excluding hydrogens is 184 g/mol. The first kappa shape index (κ1) is 10.9. The minimum absolute atomic E-state index is 0.320. The van der Waals surface area contributed by atoms with Crippen LogP contribution in [0.3, 0.4) is 0 Å². The highest BCUT2D eigenvalue weighted by Gasteiger charge is 2.34. The van der Waals surface area contributed by atoms with E-state index in [1.54, 1.807) is 0 Å². The van der Waals surface area contributed by atoms with Crippen molar-refractivity contribution in [3.05, 3.63) is 11.6 Å². The maximum Gasteiger partial charge on any atom is 0.0480 e. The van der Waals surface area contributed by atoms with Gasteiger partial charge in [-0.25, -0.2) is 0 Å². The van der Waals surface area contributed by atoms with Gasteiger partial charge in [0.1, 0.15) is 0 Å². The number of hydrogen-bond donors (Lipinski definition) is 0. The summed E-state index contributed by atoms with van der Waals surface area (Å²) in [5, 5.41) is 0. The van der Waals surface area contributed by atoms with Crippen molar-refractivity contribution in [3.8, 4) is 0 Å². The summed E-state index contributed by atoms with van der Waals surface area (Å²) in [6.45, 7) is 8.02. The van der Waals surface area contributed by atoms with Crippen LogP contribution in [0, 0.1) is 11.3 Å². The van der Waals surface area contributed by atoms with Crippen LogP contribution in [-0.2, 0) is 0 Å². The predicted molar refractivity (Wildman–Crippen MR) is 65.4 cm³/mol. The van der Waals surface area contributed by atoms with Crippen LogP contribution in [0.25, 0.3) is 0 Å². The second-order valence-corrected chi connectivity index (χ2v) is 5.44. The predicted octanol–water partition coefficient (Wildman–Crippen LogP) is 2.37. The Balaban J connectivity index is 2.06. The number of hydrogen-bond acceptors (Lipinski definition) is 2. The van der Waals surface area contributed by atoms with Gasteiger partial charge in [-0.05, 0) is 51.4 Å². The summed E-state index contributed by atoms with van der Waals surface area (Å²) in [7, 11) is 2.22. The molecule has 15 heavy (non-hydrogen) atoms. The Morgan fingerprint density at radius 2 is 2.07 bits per heavy atom. The summed E-state index contributed by atoms with van der Waals surface area (Å²) in [6, 6.07) is 0. The minimum Gasteiger partial charge on any atom is -0.306 e. The lowest BCUT2D eigenvalue weighted by Crippen LogP contribution is -2.39. The zero-order valence-corrected chi connectivity index (χ0v) is 10.2. The molecular formula is C13H22N2. The van der Waals surface area contributed by atoms with Crippen LogP contribution in [0.1, 0.15) is 26.7 Å². The van der Waals surface area contributed by atoms with E-state index in [1.807, 2.05) is 6.21 Å². The van der Waals surface area contributed by atoms with Crippen LogP contribution in [-0.4, -0.2) is 37.8 Å². The lowest BCUT2D eigenvalue weighted by Gasteiger charge is -2.40. The SMILES string of the molecule is CC1=CC(C)(C2CCN(C)CC2)CN=C1. The Morgan fingerprint density at radius 1 is 1.40 bits per heavy atom. The van der Waals surface area contributed by atoms with Crippen molar-refractivity contribution in [1.82, 2.24) is 4.90 Å². The van der Waals surface area contributed by atoms with Crippen molar-refractivity contribution < 1.29 is 0 Å². The van der Waals surface area contributed by atoms with Crippen molar-refractivity contribution in [2.45, 2.75) is 26.7 Å². The highest BCUT2D eigenvalue weighted by molar-refractivity contribution is 5.78. The van der Waals surface area contributed by atoms with Crippen molar-refractivity contribution >= 4 is 6.21 Å². The van der Waals surface area contributed by atoms with Crippen LogP contribution in [0.15, 0.2) is 16.6 Å². The van der Waals surface area contributed by atoms with Gasteiger partial charge in [-0.15, -0.1) is 0 Å². The lowest BCUT2D eigenvalue weighted by molar-refractivity contribution is 0.140. The van der Waals surface area contributed by atoms with Crippen molar-refractivity contribution in [2.75, 3.05) is 26.7 Å². The maximum absolute atomic E-state index is 4.50. The molecule has 0 bridgehead atoms. The molecule has 1 atom stereocenters. The highest BCUT2D eigenvalue weighted by Crippen LogP contribution is 2.38. The number of likely N-dealkylation sites (tertiary alicyclic amines) is 1. The number of aliphatic imine (C=N–C) groups is 1. The van der Waals surface area contributed by atoms with E-state index in [2.05, 4.69) is 36.9 Å². The second kappa shape index (κ2) is 4.09. The molecule has 0 spiro atoms. The van der Waals surface area contributed by atoms with Gasteiger partial charge in [0, 0.05) is 18.2 Å². The minimum atomic E-state index is 0.320. The van der Waals surface area contributed by atoms with Gasteiger partial charge in [-0.2, -0.15) is 0 Å². The molecule has 0 aliphatic carbocycles. The molecule has 0 N–H and O–H groups in total. The van der Waals surface area contributed by atoms with E-state index < -0.39 is 0 Å². The zero-order chi connectivity index (χ0) is 10.9. The normalized spacial score (nSPS) is 34.2. The summed E-state index contributed by atoms with van der Waals surface area (Å²) in [5.74, 6) is 0.820. The van der Waals surface area contributed by atoms with Crippen LogP contribution in [0.4, 0.5) is 0 Å². The first-order chi connectivity index (χ1) is 7.10. The van der Waals surface area contributed by atoms with Crippen molar-refractivity contribution in [1.29, 1.82) is 0 Å². The number of nitrogens with zero attached hydrogens (tertiary/aromatic N) is 2. The standard InChI is InChI=1S/C13H22N2/c1-11-8-13(2,10-14-9-11)12-4-6-15(3)7-5-12/h8-9,12H,4-7,10H2,1-3H3. The molecule has 0 aromatic heterocycles. The number of rotatable bonds is 1. The van der Waals surface area contributed by atoms with E-state index >= 15 is 0 Å². The van der Waals surface area contributed by atoms with Gasteiger partial charge in [0.15, 0.2) is 0 Å². The summed E-state index contributed by atoms with van der Waals surface area (Å²) in [4.78, 5) is 6.93. The number of dihydropyridines is 1. The molecule has 0 aromatic carbocycles. The molecule has 2 heterocycles. The van der Waals surface area contributed by atoms with Gasteiger partial charge in [0.2, 0.25) is 0 Å². The Hall–Kier alpha value is -0.630. The Morgan fingerprint density at radius 3 is 2.67 bits per heavy atom. The van der Waals surface area contributed by atoms with E-state index in [1.165, 1.54) is 31.5 Å². The third-order valence-electron chi connectivity index (χ3n) is 3.94. The molecule has 2 nitrogen and oxygen atoms in total. The highest BCUT2D eigenvalue weighted by atomic mass is 15.1. The molecule has 0 saturated carbocycles. The smallest absolute Gasteiger partial charge is 0.0480 e. The number of piperidine rings is 1. The fourth-order valence-electron chi connectivity index (χ4n) is 2.90. The Labute approximate surface area is 93.1 Å². The molecule has 1 saturated heterocycles. The van der Waals surface area contributed by atoms with Gasteiger partial charge >= 0.3 is 0 Å². The summed E-state index contributed by atoms with van der Waals surface area (Å²) >= 11 is 0. The van der Waals surface area contributed by atoms with Gasteiger partial charge < -0.3 is 4.90 Å². The van der Waals surface area contributed by atoms with Gasteiger partial charge in [-0.1, -0.05) is 13.0 Å². The van der Waals surface area contributed by atoms with Crippen LogP contribution in [0.2, 0.25) is 0 Å². The average Bonchev–Trinajstić information content (AvgIpc) is 2.18. The average molecular weight is 206 g/mol. The number of allylic oxidation sites excluding steroid dienone is 1. The van der Waals surface area contributed by atoms with Crippen LogP contribution < -0.4 is 0 Å². The van der Waals surface area contributed by atoms with E-state index in [-0.39, 0.29) is 0 Å². The quantitative estimate of drug-likeness (QED) is 0.643. The van der Waals surface area contributed by atoms with Crippen LogP contribution >= 0.6 is 0 Å². The topological polar surface area (TPSA) is 15.6 Å². The van der Waals surface area contributed by atoms with Crippen LogP contribution in [0.5, 0.6) is 0 Å². The van der Waals surface area contributed by atoms with Gasteiger partial charge in [0.05, 0.1) is 0 Å². The molecule has 0 amide bonds. The van der Waals surface area contributed by atoms with E-state index in [0.717, 1.165) is 12.5 Å². The van der Waals surface area contributed by atoms with Gasteiger partial charge in [-0.3, -0.25) is 4.99 Å². The van der Waals surface area contributed by atoms with E-state index in [9.17, 15) is 0 Å². The first-order valence-corrected chi connectivity index (χ1v) is 5.98. The molecule has 1 fully saturated rings. The third-order valence-corrected chi connectivity index (χ3v) is 3.94.